The molecule has 0 saturated carbocycles. The van der Waals surface area contributed by atoms with E-state index in [4.69, 9.17) is 37.0 Å². The summed E-state index contributed by atoms with van der Waals surface area (Å²) in [4.78, 5) is 72.6. The lowest BCUT2D eigenvalue weighted by atomic mass is 10.00. The molecule has 0 heterocycles. The van der Waals surface area contributed by atoms with E-state index in [2.05, 4.69) is 48.5 Å². The summed E-state index contributed by atoms with van der Waals surface area (Å²) in [5.41, 5.74) is 0. The Bertz CT molecular complexity index is 1790. The van der Waals surface area contributed by atoms with E-state index in [1.807, 2.05) is 0 Å². The van der Waals surface area contributed by atoms with Crippen LogP contribution in [0, 0.1) is 17.8 Å². The summed E-state index contributed by atoms with van der Waals surface area (Å²) in [6.45, 7) is 11.8. The molecule has 0 bridgehead atoms. The minimum atomic E-state index is -4.95. The summed E-state index contributed by atoms with van der Waals surface area (Å²) < 4.78 is 68.3. The van der Waals surface area contributed by atoms with Gasteiger partial charge >= 0.3 is 39.5 Å². The van der Waals surface area contributed by atoms with Crippen molar-refractivity contribution in [2.75, 3.05) is 39.6 Å². The molecule has 0 fully saturated rings. The number of aliphatic hydroxyl groups excluding tert-OH is 1. The highest BCUT2D eigenvalue weighted by atomic mass is 31.2. The zero-order valence-corrected chi connectivity index (χ0v) is 61.1. The molecule has 0 rings (SSSR count). The molecular weight excluding hydrogens is 1200 g/mol. The van der Waals surface area contributed by atoms with Gasteiger partial charge in [-0.05, 0) is 43.4 Å². The monoisotopic (exact) mass is 1340 g/mol. The third-order valence-corrected chi connectivity index (χ3v) is 18.9. The molecule has 0 radical (unpaired) electrons. The molecule has 17 nitrogen and oxygen atoms in total. The van der Waals surface area contributed by atoms with Crippen LogP contribution in [0.25, 0.3) is 0 Å². The van der Waals surface area contributed by atoms with E-state index < -0.39 is 97.5 Å². The van der Waals surface area contributed by atoms with Gasteiger partial charge in [-0.2, -0.15) is 0 Å². The number of hydrogen-bond acceptors (Lipinski definition) is 15. The number of ether oxygens (including phenoxy) is 4. The highest BCUT2D eigenvalue weighted by Crippen LogP contribution is 2.45. The van der Waals surface area contributed by atoms with E-state index in [9.17, 15) is 43.2 Å². The number of phosphoric acid groups is 2. The van der Waals surface area contributed by atoms with Crippen LogP contribution in [0.5, 0.6) is 0 Å². The Morgan fingerprint density at radius 3 is 0.835 bits per heavy atom. The molecule has 19 heteroatoms. The van der Waals surface area contributed by atoms with Gasteiger partial charge in [-0.15, -0.1) is 0 Å². The molecule has 3 N–H and O–H groups in total. The lowest BCUT2D eigenvalue weighted by Crippen LogP contribution is -2.30. The standard InChI is InChI=1S/C72H140O17P2/c1-8-10-11-12-13-14-15-16-17-18-19-20-23-27-32-41-48-55-71(76)88-67(59-82-69(74)53-46-39-31-26-24-21-22-25-29-36-43-50-63(3)4)61-86-90(78,79)84-57-66(73)58-85-91(80,81)87-62-68(89-72(77)56-49-42-33-28-30-37-44-51-64(5)6)60-83-70(75)54-47-40-35-34-38-45-52-65(7)9-2/h63-68,73H,8-62H2,1-7H3,(H,78,79)(H,80,81)/t65?,66-,67-,68-/m1/s1. The second-order valence-electron chi connectivity index (χ2n) is 27.2. The molecule has 0 aliphatic carbocycles. The van der Waals surface area contributed by atoms with Gasteiger partial charge in [-0.3, -0.25) is 37.3 Å². The maximum absolute atomic E-state index is 13.0. The topological polar surface area (TPSA) is 237 Å². The molecule has 6 atom stereocenters. The van der Waals surface area contributed by atoms with Crippen LogP contribution in [0.15, 0.2) is 0 Å². The van der Waals surface area contributed by atoms with Crippen molar-refractivity contribution in [3.05, 3.63) is 0 Å². The molecule has 91 heavy (non-hydrogen) atoms. The number of carbonyl (C=O) groups excluding carboxylic acids is 4. The molecule has 0 saturated heterocycles. The fraction of sp³-hybridized carbons (Fsp3) is 0.944. The third kappa shape index (κ3) is 65.1. The molecule has 0 aliphatic heterocycles. The van der Waals surface area contributed by atoms with Crippen molar-refractivity contribution in [3.8, 4) is 0 Å². The molecule has 0 aliphatic rings. The predicted molar refractivity (Wildman–Crippen MR) is 368 cm³/mol. The third-order valence-electron chi connectivity index (χ3n) is 17.0. The number of hydrogen-bond donors (Lipinski definition) is 3. The van der Waals surface area contributed by atoms with E-state index in [0.717, 1.165) is 108 Å². The molecule has 0 aromatic carbocycles. The Hall–Kier alpha value is -1.94. The first-order valence-electron chi connectivity index (χ1n) is 37.4. The Morgan fingerprint density at radius 1 is 0.319 bits per heavy atom. The van der Waals surface area contributed by atoms with Gasteiger partial charge in [0.2, 0.25) is 0 Å². The van der Waals surface area contributed by atoms with Crippen molar-refractivity contribution in [1.29, 1.82) is 0 Å². The Balaban J connectivity index is 5.24. The Morgan fingerprint density at radius 2 is 0.560 bits per heavy atom. The zero-order valence-electron chi connectivity index (χ0n) is 59.3. The molecule has 0 amide bonds. The number of esters is 4. The summed E-state index contributed by atoms with van der Waals surface area (Å²) in [6.07, 6.45) is 47.3. The maximum Gasteiger partial charge on any atom is 0.472 e. The average molecular weight is 1340 g/mol. The Labute approximate surface area is 556 Å². The second kappa shape index (κ2) is 62.8. The summed E-state index contributed by atoms with van der Waals surface area (Å²) in [5, 5.41) is 10.6. The molecular formula is C72H140O17P2. The minimum absolute atomic E-state index is 0.102. The van der Waals surface area contributed by atoms with E-state index >= 15 is 0 Å². The van der Waals surface area contributed by atoms with Gasteiger partial charge < -0.3 is 33.8 Å². The van der Waals surface area contributed by atoms with Crippen LogP contribution >= 0.6 is 15.6 Å². The van der Waals surface area contributed by atoms with Crippen molar-refractivity contribution in [3.63, 3.8) is 0 Å². The molecule has 0 aromatic heterocycles. The Kier molecular flexibility index (Phi) is 61.5. The normalized spacial score (nSPS) is 14.5. The van der Waals surface area contributed by atoms with Crippen LogP contribution in [-0.4, -0.2) is 96.7 Å². The summed E-state index contributed by atoms with van der Waals surface area (Å²) in [7, 11) is -9.90. The van der Waals surface area contributed by atoms with Crippen molar-refractivity contribution in [1.82, 2.24) is 0 Å². The number of aliphatic hydroxyl groups is 1. The number of unbranched alkanes of at least 4 members (excludes halogenated alkanes) is 37. The summed E-state index contributed by atoms with van der Waals surface area (Å²) >= 11 is 0. The van der Waals surface area contributed by atoms with Crippen molar-refractivity contribution in [2.45, 2.75) is 381 Å². The fourth-order valence-corrected chi connectivity index (χ4v) is 12.4. The quantitative estimate of drug-likeness (QED) is 0.0222. The van der Waals surface area contributed by atoms with Crippen LogP contribution in [0.1, 0.15) is 363 Å². The van der Waals surface area contributed by atoms with Crippen LogP contribution in [0.4, 0.5) is 0 Å². The first-order valence-corrected chi connectivity index (χ1v) is 40.4. The molecule has 3 unspecified atom stereocenters. The number of phosphoric ester groups is 2. The van der Waals surface area contributed by atoms with Gasteiger partial charge in [0, 0.05) is 25.7 Å². The molecule has 540 valence electrons. The van der Waals surface area contributed by atoms with Crippen LogP contribution in [0.2, 0.25) is 0 Å². The van der Waals surface area contributed by atoms with Crippen LogP contribution < -0.4 is 0 Å². The summed E-state index contributed by atoms with van der Waals surface area (Å²) in [6, 6.07) is 0. The smallest absolute Gasteiger partial charge is 0.462 e. The van der Waals surface area contributed by atoms with Crippen molar-refractivity contribution in [2.24, 2.45) is 17.8 Å². The van der Waals surface area contributed by atoms with Gasteiger partial charge in [-0.1, -0.05) is 312 Å². The zero-order chi connectivity index (χ0) is 67.3. The summed E-state index contributed by atoms with van der Waals surface area (Å²) in [5.74, 6) is 0.0713. The van der Waals surface area contributed by atoms with Gasteiger partial charge in [0.15, 0.2) is 12.2 Å². The highest BCUT2D eigenvalue weighted by molar-refractivity contribution is 7.47. The van der Waals surface area contributed by atoms with Gasteiger partial charge in [0.05, 0.1) is 26.4 Å². The van der Waals surface area contributed by atoms with E-state index in [1.165, 1.54) is 167 Å². The number of rotatable bonds is 70. The van der Waals surface area contributed by atoms with Crippen LogP contribution in [0.3, 0.4) is 0 Å². The first kappa shape index (κ1) is 89.1. The van der Waals surface area contributed by atoms with E-state index in [-0.39, 0.29) is 25.7 Å². The lowest BCUT2D eigenvalue weighted by molar-refractivity contribution is -0.161. The van der Waals surface area contributed by atoms with E-state index in [1.54, 1.807) is 0 Å². The predicted octanol–water partition coefficient (Wildman–Crippen LogP) is 20.6. The fourth-order valence-electron chi connectivity index (χ4n) is 10.9. The largest absolute Gasteiger partial charge is 0.472 e. The molecule has 0 spiro atoms. The SMILES string of the molecule is CCCCCCCCCCCCCCCCCCCC(=O)O[C@H](COC(=O)CCCCCCCCCCCCCC(C)C)COP(=O)(O)OC[C@@H](O)COP(=O)(O)OC[C@@H](COC(=O)CCCCCCCCC(C)CC)OC(=O)CCCCCCCCCC(C)C. The van der Waals surface area contributed by atoms with Gasteiger partial charge in [0.1, 0.15) is 19.3 Å². The lowest BCUT2D eigenvalue weighted by Gasteiger charge is -2.21. The second-order valence-corrected chi connectivity index (χ2v) is 30.1. The van der Waals surface area contributed by atoms with Gasteiger partial charge in [-0.25, -0.2) is 9.13 Å². The van der Waals surface area contributed by atoms with Gasteiger partial charge in [0.25, 0.3) is 0 Å². The average Bonchev–Trinajstić information content (AvgIpc) is 3.14. The number of carbonyl (C=O) groups is 4. The maximum atomic E-state index is 13.0. The van der Waals surface area contributed by atoms with Crippen molar-refractivity contribution < 1.29 is 80.2 Å². The van der Waals surface area contributed by atoms with E-state index in [0.29, 0.717) is 31.6 Å². The first-order chi connectivity index (χ1) is 43.8. The molecule has 0 aromatic rings. The van der Waals surface area contributed by atoms with Crippen molar-refractivity contribution >= 4 is 39.5 Å². The highest BCUT2D eigenvalue weighted by Gasteiger charge is 2.30. The minimum Gasteiger partial charge on any atom is -0.462 e. The van der Waals surface area contributed by atoms with Crippen LogP contribution in [-0.2, 0) is 65.4 Å².